The molecule has 0 unspecified atom stereocenters. The number of amides is 1. The van der Waals surface area contributed by atoms with Gasteiger partial charge in [-0.1, -0.05) is 30.3 Å². The monoisotopic (exact) mass is 305 g/mol. The molecule has 6 heteroatoms. The first-order valence-corrected chi connectivity index (χ1v) is 7.26. The lowest BCUT2D eigenvalue weighted by Gasteiger charge is -2.29. The molecule has 1 amide bonds. The predicted octanol–water partition coefficient (Wildman–Crippen LogP) is 1.78. The number of rotatable bonds is 4. The minimum atomic E-state index is -0.905. The van der Waals surface area contributed by atoms with Crippen molar-refractivity contribution in [1.29, 1.82) is 0 Å². The number of piperidine rings is 1. The zero-order chi connectivity index (χ0) is 15.9. The van der Waals surface area contributed by atoms with Gasteiger partial charge < -0.3 is 14.4 Å². The van der Waals surface area contributed by atoms with Crippen LogP contribution in [0.3, 0.4) is 0 Å². The van der Waals surface area contributed by atoms with Crippen LogP contribution in [-0.2, 0) is 25.7 Å². The van der Waals surface area contributed by atoms with Crippen LogP contribution in [0.25, 0.3) is 0 Å². The number of ether oxygens (including phenoxy) is 2. The summed E-state index contributed by atoms with van der Waals surface area (Å²) < 4.78 is 10.1. The molecule has 1 aliphatic rings. The molecule has 1 saturated heterocycles. The van der Waals surface area contributed by atoms with E-state index < -0.39 is 18.0 Å². The number of esters is 1. The van der Waals surface area contributed by atoms with E-state index >= 15 is 0 Å². The molecule has 1 aromatic carbocycles. The van der Waals surface area contributed by atoms with Gasteiger partial charge in [0.05, 0.1) is 6.61 Å². The molecule has 1 heterocycles. The Kier molecular flexibility index (Phi) is 5.52. The highest BCUT2D eigenvalue weighted by molar-refractivity contribution is 6.00. The van der Waals surface area contributed by atoms with Crippen molar-refractivity contribution in [2.24, 2.45) is 5.92 Å². The number of hydrogen-bond acceptors (Lipinski definition) is 5. The summed E-state index contributed by atoms with van der Waals surface area (Å²) in [5, 5.41) is 0. The predicted molar refractivity (Wildman–Crippen MR) is 77.9 cm³/mol. The molecule has 0 bridgehead atoms. The number of carbonyl (C=O) groups is 3. The van der Waals surface area contributed by atoms with Crippen molar-refractivity contribution in [3.63, 3.8) is 0 Å². The second kappa shape index (κ2) is 7.59. The van der Waals surface area contributed by atoms with E-state index in [9.17, 15) is 14.4 Å². The van der Waals surface area contributed by atoms with Gasteiger partial charge in [0.25, 0.3) is 0 Å². The van der Waals surface area contributed by atoms with E-state index in [0.717, 1.165) is 5.56 Å². The van der Waals surface area contributed by atoms with Gasteiger partial charge in [-0.15, -0.1) is 0 Å². The van der Waals surface area contributed by atoms with Crippen LogP contribution in [0.1, 0.15) is 18.9 Å². The normalized spacial score (nSPS) is 18.0. The Bertz CT molecular complexity index is 543. The molecule has 1 fully saturated rings. The molecule has 2 rings (SSSR count). The van der Waals surface area contributed by atoms with Gasteiger partial charge in [0, 0.05) is 19.5 Å². The molecule has 0 radical (unpaired) electrons. The van der Waals surface area contributed by atoms with Crippen LogP contribution in [0.15, 0.2) is 30.3 Å². The minimum absolute atomic E-state index is 0.0191. The van der Waals surface area contributed by atoms with Crippen LogP contribution in [0.4, 0.5) is 4.79 Å². The number of nitrogens with zero attached hydrogens (tertiary/aromatic N) is 1. The maximum atomic E-state index is 12.0. The van der Waals surface area contributed by atoms with Crippen LogP contribution in [0, 0.1) is 5.92 Å². The average molecular weight is 305 g/mol. The molecule has 6 nitrogen and oxygen atoms in total. The molecular weight excluding hydrogens is 286 g/mol. The lowest BCUT2D eigenvalue weighted by molar-refractivity contribution is -0.153. The first-order chi connectivity index (χ1) is 10.6. The third-order valence-corrected chi connectivity index (χ3v) is 3.45. The molecule has 0 saturated carbocycles. The van der Waals surface area contributed by atoms with Gasteiger partial charge in [0.2, 0.25) is 0 Å². The fourth-order valence-electron chi connectivity index (χ4n) is 2.26. The Labute approximate surface area is 129 Å². The smallest absolute Gasteiger partial charge is 0.410 e. The largest absolute Gasteiger partial charge is 0.465 e. The molecule has 118 valence electrons. The average Bonchev–Trinajstić information content (AvgIpc) is 2.54. The van der Waals surface area contributed by atoms with Crippen LogP contribution in [-0.4, -0.2) is 42.4 Å². The molecule has 0 aliphatic carbocycles. The first kappa shape index (κ1) is 16.0. The van der Waals surface area contributed by atoms with E-state index in [1.54, 1.807) is 6.92 Å². The highest BCUT2D eigenvalue weighted by Crippen LogP contribution is 2.16. The van der Waals surface area contributed by atoms with E-state index in [-0.39, 0.29) is 38.5 Å². The first-order valence-electron chi connectivity index (χ1n) is 7.26. The quantitative estimate of drug-likeness (QED) is 0.626. The van der Waals surface area contributed by atoms with Crippen molar-refractivity contribution < 1.29 is 23.9 Å². The number of likely N-dealkylation sites (tertiary alicyclic amines) is 1. The highest BCUT2D eigenvalue weighted by Gasteiger charge is 2.36. The summed E-state index contributed by atoms with van der Waals surface area (Å²) in [5.41, 5.74) is 0.880. The molecule has 22 heavy (non-hydrogen) atoms. The fraction of sp³-hybridized carbons (Fsp3) is 0.438. The molecule has 1 atom stereocenters. The summed E-state index contributed by atoms with van der Waals surface area (Å²) in [4.78, 5) is 36.9. The Hall–Kier alpha value is -2.37. The Balaban J connectivity index is 1.90. The lowest BCUT2D eigenvalue weighted by Crippen LogP contribution is -2.47. The second-order valence-corrected chi connectivity index (χ2v) is 5.01. The standard InChI is InChI=1S/C16H19NO5/c1-2-21-15(19)13-10-17(9-8-14(13)18)16(20)22-11-12-6-4-3-5-7-12/h3-7,13H,2,8-11H2,1H3/t13-/m1/s1. The van der Waals surface area contributed by atoms with E-state index in [1.165, 1.54) is 4.90 Å². The summed E-state index contributed by atoms with van der Waals surface area (Å²) in [7, 11) is 0. The summed E-state index contributed by atoms with van der Waals surface area (Å²) in [5.74, 6) is -1.67. The molecule has 0 N–H and O–H groups in total. The van der Waals surface area contributed by atoms with Gasteiger partial charge in [0.1, 0.15) is 12.5 Å². The second-order valence-electron chi connectivity index (χ2n) is 5.01. The SMILES string of the molecule is CCOC(=O)[C@@H]1CN(C(=O)OCc2ccccc2)CCC1=O. The molecule has 0 spiro atoms. The van der Waals surface area contributed by atoms with Crippen molar-refractivity contribution in [3.05, 3.63) is 35.9 Å². The third kappa shape index (κ3) is 4.07. The van der Waals surface area contributed by atoms with Crippen molar-refractivity contribution in [2.45, 2.75) is 20.0 Å². The maximum absolute atomic E-state index is 12.0. The van der Waals surface area contributed by atoms with Crippen molar-refractivity contribution >= 4 is 17.8 Å². The van der Waals surface area contributed by atoms with Gasteiger partial charge in [-0.3, -0.25) is 9.59 Å². The van der Waals surface area contributed by atoms with Gasteiger partial charge in [-0.25, -0.2) is 4.79 Å². The number of ketones is 1. The van der Waals surface area contributed by atoms with Crippen molar-refractivity contribution in [2.75, 3.05) is 19.7 Å². The maximum Gasteiger partial charge on any atom is 0.410 e. The van der Waals surface area contributed by atoms with Crippen LogP contribution >= 0.6 is 0 Å². The van der Waals surface area contributed by atoms with E-state index in [1.807, 2.05) is 30.3 Å². The number of hydrogen-bond donors (Lipinski definition) is 0. The van der Waals surface area contributed by atoms with Crippen LogP contribution in [0.5, 0.6) is 0 Å². The molecular formula is C16H19NO5. The fourth-order valence-corrected chi connectivity index (χ4v) is 2.26. The van der Waals surface area contributed by atoms with Crippen LogP contribution in [0.2, 0.25) is 0 Å². The molecule has 0 aromatic heterocycles. The number of Topliss-reactive ketones (excluding diaryl/α,β-unsaturated/α-hetero) is 1. The summed E-state index contributed by atoms with van der Waals surface area (Å²) in [6.07, 6.45) is -0.380. The Morgan fingerprint density at radius 2 is 1.95 bits per heavy atom. The zero-order valence-electron chi connectivity index (χ0n) is 12.5. The minimum Gasteiger partial charge on any atom is -0.465 e. The lowest BCUT2D eigenvalue weighted by atomic mass is 9.97. The van der Waals surface area contributed by atoms with E-state index in [0.29, 0.717) is 0 Å². The zero-order valence-corrected chi connectivity index (χ0v) is 12.5. The summed E-state index contributed by atoms with van der Waals surface area (Å²) >= 11 is 0. The van der Waals surface area contributed by atoms with Gasteiger partial charge >= 0.3 is 12.1 Å². The van der Waals surface area contributed by atoms with Crippen molar-refractivity contribution in [1.82, 2.24) is 4.90 Å². The van der Waals surface area contributed by atoms with Gasteiger partial charge in [-0.2, -0.15) is 0 Å². The van der Waals surface area contributed by atoms with Gasteiger partial charge in [0.15, 0.2) is 5.78 Å². The van der Waals surface area contributed by atoms with E-state index in [2.05, 4.69) is 0 Å². The molecule has 1 aromatic rings. The summed E-state index contributed by atoms with van der Waals surface area (Å²) in [6, 6.07) is 9.31. The Morgan fingerprint density at radius 1 is 1.23 bits per heavy atom. The van der Waals surface area contributed by atoms with E-state index in [4.69, 9.17) is 9.47 Å². The third-order valence-electron chi connectivity index (χ3n) is 3.45. The number of benzene rings is 1. The molecule has 1 aliphatic heterocycles. The topological polar surface area (TPSA) is 72.9 Å². The Morgan fingerprint density at radius 3 is 2.64 bits per heavy atom. The highest BCUT2D eigenvalue weighted by atomic mass is 16.6. The van der Waals surface area contributed by atoms with Gasteiger partial charge in [-0.05, 0) is 12.5 Å². The summed E-state index contributed by atoms with van der Waals surface area (Å²) in [6.45, 7) is 2.33. The van der Waals surface area contributed by atoms with Crippen LogP contribution < -0.4 is 0 Å². The number of carbonyl (C=O) groups excluding carboxylic acids is 3. The van der Waals surface area contributed by atoms with Crippen molar-refractivity contribution in [3.8, 4) is 0 Å².